The Morgan fingerprint density at radius 3 is 2.56 bits per heavy atom. The Hall–Kier alpha value is -2.21. The van der Waals surface area contributed by atoms with Gasteiger partial charge in [0.15, 0.2) is 0 Å². The maximum Gasteiger partial charge on any atom is 0.416 e. The van der Waals surface area contributed by atoms with Crippen LogP contribution < -0.4 is 5.32 Å². The maximum absolute atomic E-state index is 13.1. The minimum absolute atomic E-state index is 0.0503. The van der Waals surface area contributed by atoms with E-state index in [4.69, 9.17) is 4.74 Å². The van der Waals surface area contributed by atoms with Crippen molar-refractivity contribution in [3.63, 3.8) is 0 Å². The van der Waals surface area contributed by atoms with Crippen LogP contribution in [0, 0.1) is 5.92 Å². The molecule has 3 nitrogen and oxygen atoms in total. The molecule has 2 heterocycles. The fourth-order valence-electron chi connectivity index (χ4n) is 3.86. The number of phenols is 1. The van der Waals surface area contributed by atoms with Crippen molar-refractivity contribution in [2.75, 3.05) is 11.9 Å². The lowest BCUT2D eigenvalue weighted by molar-refractivity contribution is -0.137. The van der Waals surface area contributed by atoms with Crippen molar-refractivity contribution < 1.29 is 23.0 Å². The summed E-state index contributed by atoms with van der Waals surface area (Å²) in [4.78, 5) is 0. The SMILES string of the molecule is Oc1ccc([C@@H]2Nc3ccc(C(F)(F)F)cc3[C@H]3OCCC[C@H]32)cc1. The number of rotatable bonds is 1. The van der Waals surface area contributed by atoms with Crippen LogP contribution in [0.1, 0.15) is 41.7 Å². The van der Waals surface area contributed by atoms with Gasteiger partial charge in [0.2, 0.25) is 0 Å². The monoisotopic (exact) mass is 349 g/mol. The van der Waals surface area contributed by atoms with Crippen molar-refractivity contribution in [1.82, 2.24) is 0 Å². The second-order valence-electron chi connectivity index (χ2n) is 6.61. The summed E-state index contributed by atoms with van der Waals surface area (Å²) in [6.07, 6.45) is -2.97. The van der Waals surface area contributed by atoms with Gasteiger partial charge in [-0.05, 0) is 48.7 Å². The lowest BCUT2D eigenvalue weighted by atomic mass is 9.77. The Kier molecular flexibility index (Phi) is 3.87. The van der Waals surface area contributed by atoms with E-state index in [1.54, 1.807) is 12.1 Å². The number of aromatic hydroxyl groups is 1. The average Bonchev–Trinajstić information content (AvgIpc) is 2.60. The summed E-state index contributed by atoms with van der Waals surface area (Å²) in [6, 6.07) is 10.7. The number of nitrogens with one attached hydrogen (secondary N) is 1. The van der Waals surface area contributed by atoms with Crippen molar-refractivity contribution in [1.29, 1.82) is 0 Å². The Balaban J connectivity index is 1.76. The number of ether oxygens (including phenoxy) is 1. The van der Waals surface area contributed by atoms with Crippen molar-refractivity contribution in [2.24, 2.45) is 5.92 Å². The van der Waals surface area contributed by atoms with Crippen molar-refractivity contribution in [2.45, 2.75) is 31.2 Å². The highest BCUT2D eigenvalue weighted by atomic mass is 19.4. The number of alkyl halides is 3. The van der Waals surface area contributed by atoms with Gasteiger partial charge in [0.25, 0.3) is 0 Å². The predicted molar refractivity (Wildman–Crippen MR) is 87.3 cm³/mol. The zero-order valence-electron chi connectivity index (χ0n) is 13.4. The van der Waals surface area contributed by atoms with Gasteiger partial charge in [-0.25, -0.2) is 0 Å². The van der Waals surface area contributed by atoms with Crippen LogP contribution in [-0.2, 0) is 10.9 Å². The number of benzene rings is 2. The lowest BCUT2D eigenvalue weighted by Crippen LogP contribution is -2.36. The first kappa shape index (κ1) is 16.3. The van der Waals surface area contributed by atoms with E-state index in [0.29, 0.717) is 17.9 Å². The molecule has 25 heavy (non-hydrogen) atoms. The minimum Gasteiger partial charge on any atom is -0.508 e. The van der Waals surface area contributed by atoms with E-state index >= 15 is 0 Å². The molecule has 0 bridgehead atoms. The summed E-state index contributed by atoms with van der Waals surface area (Å²) in [7, 11) is 0. The van der Waals surface area contributed by atoms with Gasteiger partial charge in [-0.15, -0.1) is 0 Å². The molecule has 3 atom stereocenters. The van der Waals surface area contributed by atoms with Crippen LogP contribution >= 0.6 is 0 Å². The standard InChI is InChI=1S/C19H18F3NO2/c20-19(21,22)12-5-8-16-15(10-12)18-14(2-1-9-25-18)17(23-16)11-3-6-13(24)7-4-11/h3-8,10,14,17-18,23-24H,1-2,9H2/t14-,17-,18-/m0/s1. The van der Waals surface area contributed by atoms with E-state index in [0.717, 1.165) is 24.5 Å². The van der Waals surface area contributed by atoms with E-state index in [1.165, 1.54) is 12.1 Å². The molecular weight excluding hydrogens is 331 g/mol. The molecule has 0 unspecified atom stereocenters. The Morgan fingerprint density at radius 2 is 1.84 bits per heavy atom. The fraction of sp³-hybridized carbons (Fsp3) is 0.368. The third-order valence-corrected chi connectivity index (χ3v) is 5.04. The third-order valence-electron chi connectivity index (χ3n) is 5.04. The summed E-state index contributed by atoms with van der Waals surface area (Å²) in [5.41, 5.74) is 1.59. The van der Waals surface area contributed by atoms with Gasteiger partial charge in [0.1, 0.15) is 5.75 Å². The molecule has 2 aromatic rings. The third kappa shape index (κ3) is 2.95. The van der Waals surface area contributed by atoms with Gasteiger partial charge < -0.3 is 15.2 Å². The van der Waals surface area contributed by atoms with E-state index in [9.17, 15) is 18.3 Å². The average molecular weight is 349 g/mol. The quantitative estimate of drug-likeness (QED) is 0.757. The minimum atomic E-state index is -4.37. The summed E-state index contributed by atoms with van der Waals surface area (Å²) >= 11 is 0. The van der Waals surface area contributed by atoms with Crippen LogP contribution in [0.15, 0.2) is 42.5 Å². The van der Waals surface area contributed by atoms with Crippen LogP contribution in [0.3, 0.4) is 0 Å². The molecule has 1 fully saturated rings. The summed E-state index contributed by atoms with van der Waals surface area (Å²) in [5, 5.41) is 12.9. The molecule has 2 N–H and O–H groups in total. The van der Waals surface area contributed by atoms with E-state index in [2.05, 4.69) is 5.32 Å². The first-order valence-corrected chi connectivity index (χ1v) is 8.32. The normalized spacial score (nSPS) is 25.6. The highest BCUT2D eigenvalue weighted by Crippen LogP contribution is 2.50. The number of halogens is 3. The smallest absolute Gasteiger partial charge is 0.416 e. The largest absolute Gasteiger partial charge is 0.508 e. The topological polar surface area (TPSA) is 41.5 Å². The van der Waals surface area contributed by atoms with Gasteiger partial charge in [-0.3, -0.25) is 0 Å². The number of fused-ring (bicyclic) bond motifs is 3. The molecular formula is C19H18F3NO2. The maximum atomic E-state index is 13.1. The predicted octanol–water partition coefficient (Wildman–Crippen LogP) is 5.05. The zero-order chi connectivity index (χ0) is 17.6. The van der Waals surface area contributed by atoms with Crippen molar-refractivity contribution >= 4 is 5.69 Å². The molecule has 0 aliphatic carbocycles. The van der Waals surface area contributed by atoms with Crippen LogP contribution in [0.2, 0.25) is 0 Å². The molecule has 0 spiro atoms. The van der Waals surface area contributed by atoms with Gasteiger partial charge in [-0.1, -0.05) is 12.1 Å². The van der Waals surface area contributed by atoms with Crippen LogP contribution in [-0.4, -0.2) is 11.7 Å². The molecule has 0 saturated carbocycles. The highest BCUT2D eigenvalue weighted by molar-refractivity contribution is 5.58. The van der Waals surface area contributed by atoms with Crippen molar-refractivity contribution in [3.05, 3.63) is 59.2 Å². The molecule has 2 aliphatic heterocycles. The van der Waals surface area contributed by atoms with E-state index < -0.39 is 11.7 Å². The Bertz CT molecular complexity index is 773. The summed E-state index contributed by atoms with van der Waals surface area (Å²) in [5.74, 6) is 0.237. The first-order chi connectivity index (χ1) is 11.9. The van der Waals surface area contributed by atoms with Crippen LogP contribution in [0.25, 0.3) is 0 Å². The van der Waals surface area contributed by atoms with Crippen molar-refractivity contribution in [3.8, 4) is 5.75 Å². The second kappa shape index (κ2) is 5.95. The van der Waals surface area contributed by atoms with Crippen LogP contribution in [0.4, 0.5) is 18.9 Å². The zero-order valence-corrected chi connectivity index (χ0v) is 13.4. The highest BCUT2D eigenvalue weighted by Gasteiger charge is 2.41. The number of hydrogen-bond acceptors (Lipinski definition) is 3. The van der Waals surface area contributed by atoms with E-state index in [-0.39, 0.29) is 23.8 Å². The lowest BCUT2D eigenvalue weighted by Gasteiger charge is -2.43. The van der Waals surface area contributed by atoms with Gasteiger partial charge in [0, 0.05) is 23.8 Å². The molecule has 0 amide bonds. The van der Waals surface area contributed by atoms with Gasteiger partial charge in [0.05, 0.1) is 17.7 Å². The molecule has 6 heteroatoms. The molecule has 2 aromatic carbocycles. The Morgan fingerprint density at radius 1 is 1.08 bits per heavy atom. The molecule has 4 rings (SSSR count). The van der Waals surface area contributed by atoms with Gasteiger partial charge >= 0.3 is 6.18 Å². The Labute approximate surface area is 143 Å². The van der Waals surface area contributed by atoms with E-state index in [1.807, 2.05) is 12.1 Å². The molecule has 132 valence electrons. The second-order valence-corrected chi connectivity index (χ2v) is 6.61. The molecule has 2 aliphatic rings. The summed E-state index contributed by atoms with van der Waals surface area (Å²) < 4.78 is 45.1. The fourth-order valence-corrected chi connectivity index (χ4v) is 3.86. The number of hydrogen-bond donors (Lipinski definition) is 2. The first-order valence-electron chi connectivity index (χ1n) is 8.32. The molecule has 0 aromatic heterocycles. The summed E-state index contributed by atoms with van der Waals surface area (Å²) in [6.45, 7) is 0.555. The molecule has 0 radical (unpaired) electrons. The van der Waals surface area contributed by atoms with Crippen LogP contribution in [0.5, 0.6) is 5.75 Å². The number of anilines is 1. The van der Waals surface area contributed by atoms with Gasteiger partial charge in [-0.2, -0.15) is 13.2 Å². The molecule has 1 saturated heterocycles. The number of phenolic OH excluding ortho intramolecular Hbond substituents is 1.